The van der Waals surface area contributed by atoms with Gasteiger partial charge in [0.2, 0.25) is 5.88 Å². The lowest BCUT2D eigenvalue weighted by molar-refractivity contribution is 0.106. The van der Waals surface area contributed by atoms with Crippen molar-refractivity contribution in [2.45, 2.75) is 18.9 Å². The summed E-state index contributed by atoms with van der Waals surface area (Å²) < 4.78 is 10.7. The number of benzene rings is 1. The highest BCUT2D eigenvalue weighted by molar-refractivity contribution is 6.30. The lowest BCUT2D eigenvalue weighted by atomic mass is 10.0. The van der Waals surface area contributed by atoms with Crippen molar-refractivity contribution in [3.63, 3.8) is 0 Å². The van der Waals surface area contributed by atoms with Gasteiger partial charge in [-0.25, -0.2) is 0 Å². The predicted octanol–water partition coefficient (Wildman–Crippen LogP) is 3.43. The Kier molecular flexibility index (Phi) is 2.97. The summed E-state index contributed by atoms with van der Waals surface area (Å²) in [4.78, 5) is 0. The molecule has 3 rings (SSSR count). The molecule has 1 fully saturated rings. The largest absolute Gasteiger partial charge is 0.372 e. The van der Waals surface area contributed by atoms with Crippen molar-refractivity contribution in [2.75, 3.05) is 12.3 Å². The molecule has 1 saturated heterocycles. The fourth-order valence-electron chi connectivity index (χ4n) is 2.26. The molecule has 0 amide bonds. The van der Waals surface area contributed by atoms with Crippen LogP contribution in [0, 0.1) is 0 Å². The summed E-state index contributed by atoms with van der Waals surface area (Å²) in [7, 11) is 0. The van der Waals surface area contributed by atoms with Gasteiger partial charge in [-0.05, 0) is 30.5 Å². The minimum absolute atomic E-state index is 0.0277. The maximum atomic E-state index is 6.00. The smallest absolute Gasteiger partial charge is 0.230 e. The lowest BCUT2D eigenvalue weighted by Gasteiger charge is -2.08. The molecule has 1 aliphatic rings. The molecule has 0 aliphatic carbocycles. The third kappa shape index (κ3) is 1.98. The molecule has 1 aliphatic heterocycles. The summed E-state index contributed by atoms with van der Waals surface area (Å²) >= 11 is 6.00. The zero-order chi connectivity index (χ0) is 12.5. The van der Waals surface area contributed by atoms with Crippen molar-refractivity contribution in [1.82, 2.24) is 5.16 Å². The van der Waals surface area contributed by atoms with Gasteiger partial charge in [-0.1, -0.05) is 28.9 Å². The minimum Gasteiger partial charge on any atom is -0.372 e. The molecule has 94 valence electrons. The molecule has 18 heavy (non-hydrogen) atoms. The van der Waals surface area contributed by atoms with Crippen molar-refractivity contribution < 1.29 is 9.26 Å². The minimum atomic E-state index is -0.0277. The van der Waals surface area contributed by atoms with E-state index in [-0.39, 0.29) is 6.10 Å². The Morgan fingerprint density at radius 3 is 3.00 bits per heavy atom. The van der Waals surface area contributed by atoms with E-state index in [0.717, 1.165) is 36.3 Å². The number of nitrogen functional groups attached to an aromatic ring is 1. The first-order valence-corrected chi connectivity index (χ1v) is 6.26. The lowest BCUT2D eigenvalue weighted by Crippen LogP contribution is -1.99. The number of nitrogens with zero attached hydrogens (tertiary/aromatic N) is 1. The Bertz CT molecular complexity index is 562. The van der Waals surface area contributed by atoms with Crippen LogP contribution in [0.1, 0.15) is 24.6 Å². The summed E-state index contributed by atoms with van der Waals surface area (Å²) in [5.74, 6) is 0.308. The number of aromatic nitrogens is 1. The van der Waals surface area contributed by atoms with Gasteiger partial charge in [0.25, 0.3) is 0 Å². The monoisotopic (exact) mass is 264 g/mol. The maximum absolute atomic E-state index is 6.00. The molecule has 0 saturated carbocycles. The van der Waals surface area contributed by atoms with Crippen LogP contribution >= 0.6 is 11.6 Å². The second-order valence-electron chi connectivity index (χ2n) is 4.32. The van der Waals surface area contributed by atoms with Gasteiger partial charge in [-0.3, -0.25) is 0 Å². The van der Waals surface area contributed by atoms with Crippen LogP contribution in [0.5, 0.6) is 0 Å². The first-order chi connectivity index (χ1) is 8.75. The summed E-state index contributed by atoms with van der Waals surface area (Å²) in [5, 5.41) is 4.69. The Morgan fingerprint density at radius 2 is 2.28 bits per heavy atom. The van der Waals surface area contributed by atoms with Gasteiger partial charge in [0.1, 0.15) is 11.8 Å². The van der Waals surface area contributed by atoms with Crippen LogP contribution in [-0.4, -0.2) is 11.8 Å². The zero-order valence-electron chi connectivity index (χ0n) is 9.73. The van der Waals surface area contributed by atoms with E-state index < -0.39 is 0 Å². The number of hydrogen-bond donors (Lipinski definition) is 1. The quantitative estimate of drug-likeness (QED) is 0.903. The van der Waals surface area contributed by atoms with Gasteiger partial charge in [-0.15, -0.1) is 0 Å². The molecule has 0 spiro atoms. The Labute approximate surface area is 110 Å². The average Bonchev–Trinajstić information content (AvgIpc) is 2.97. The Hall–Kier alpha value is -1.52. The van der Waals surface area contributed by atoms with Crippen LogP contribution in [-0.2, 0) is 4.74 Å². The van der Waals surface area contributed by atoms with Crippen molar-refractivity contribution in [2.24, 2.45) is 0 Å². The first kappa shape index (κ1) is 11.6. The van der Waals surface area contributed by atoms with Gasteiger partial charge >= 0.3 is 0 Å². The Morgan fingerprint density at radius 1 is 1.39 bits per heavy atom. The van der Waals surface area contributed by atoms with Gasteiger partial charge < -0.3 is 15.0 Å². The van der Waals surface area contributed by atoms with Gasteiger partial charge in [0, 0.05) is 11.6 Å². The highest BCUT2D eigenvalue weighted by Crippen LogP contribution is 2.38. The molecular formula is C13H13ClN2O2. The van der Waals surface area contributed by atoms with E-state index in [1.165, 1.54) is 0 Å². The van der Waals surface area contributed by atoms with Crippen LogP contribution in [0.3, 0.4) is 0 Å². The maximum Gasteiger partial charge on any atom is 0.230 e. The Balaban J connectivity index is 2.07. The third-order valence-electron chi connectivity index (χ3n) is 3.09. The number of anilines is 1. The number of ether oxygens (including phenoxy) is 1. The van der Waals surface area contributed by atoms with Crippen molar-refractivity contribution >= 4 is 17.5 Å². The predicted molar refractivity (Wildman–Crippen MR) is 69.3 cm³/mol. The molecule has 0 bridgehead atoms. The molecule has 2 heterocycles. The van der Waals surface area contributed by atoms with Crippen molar-refractivity contribution in [1.29, 1.82) is 0 Å². The number of hydrogen-bond acceptors (Lipinski definition) is 4. The highest BCUT2D eigenvalue weighted by atomic mass is 35.5. The van der Waals surface area contributed by atoms with E-state index in [1.807, 2.05) is 24.3 Å². The summed E-state index contributed by atoms with van der Waals surface area (Å²) in [6.07, 6.45) is 1.95. The average molecular weight is 265 g/mol. The summed E-state index contributed by atoms with van der Waals surface area (Å²) in [6.45, 7) is 0.756. The fourth-order valence-corrected chi connectivity index (χ4v) is 2.45. The summed E-state index contributed by atoms with van der Waals surface area (Å²) in [5.41, 5.74) is 8.34. The van der Waals surface area contributed by atoms with Crippen LogP contribution in [0.15, 0.2) is 28.8 Å². The molecule has 1 aromatic heterocycles. The molecule has 2 N–H and O–H groups in total. The second kappa shape index (κ2) is 4.63. The van der Waals surface area contributed by atoms with Crippen LogP contribution in [0.2, 0.25) is 5.02 Å². The number of nitrogens with two attached hydrogens (primary N) is 1. The van der Waals surface area contributed by atoms with E-state index in [2.05, 4.69) is 5.16 Å². The number of halogens is 1. The van der Waals surface area contributed by atoms with Crippen LogP contribution in [0.4, 0.5) is 5.88 Å². The molecule has 4 nitrogen and oxygen atoms in total. The van der Waals surface area contributed by atoms with Crippen molar-refractivity contribution in [3.8, 4) is 11.1 Å². The molecule has 5 heteroatoms. The fraction of sp³-hybridized carbons (Fsp3) is 0.308. The third-order valence-corrected chi connectivity index (χ3v) is 3.33. The highest BCUT2D eigenvalue weighted by Gasteiger charge is 2.27. The van der Waals surface area contributed by atoms with Gasteiger partial charge in [0.15, 0.2) is 0 Å². The first-order valence-electron chi connectivity index (χ1n) is 5.88. The van der Waals surface area contributed by atoms with E-state index in [1.54, 1.807) is 0 Å². The van der Waals surface area contributed by atoms with E-state index in [9.17, 15) is 0 Å². The molecule has 1 unspecified atom stereocenters. The molecule has 1 atom stereocenters. The summed E-state index contributed by atoms with van der Waals surface area (Å²) in [6, 6.07) is 7.49. The SMILES string of the molecule is Nc1onc(C2CCCO2)c1-c1cccc(Cl)c1. The van der Waals surface area contributed by atoms with Crippen molar-refractivity contribution in [3.05, 3.63) is 35.0 Å². The van der Waals surface area contributed by atoms with Gasteiger partial charge in [-0.2, -0.15) is 0 Å². The van der Waals surface area contributed by atoms with Gasteiger partial charge in [0.05, 0.1) is 5.56 Å². The molecule has 1 aromatic carbocycles. The van der Waals surface area contributed by atoms with E-state index in [0.29, 0.717) is 10.9 Å². The molecule has 0 radical (unpaired) electrons. The second-order valence-corrected chi connectivity index (χ2v) is 4.76. The normalized spacial score (nSPS) is 19.3. The zero-order valence-corrected chi connectivity index (χ0v) is 10.5. The topological polar surface area (TPSA) is 61.3 Å². The van der Waals surface area contributed by atoms with E-state index in [4.69, 9.17) is 26.6 Å². The standard InChI is InChI=1S/C13H13ClN2O2/c14-9-4-1-3-8(7-9)11-12(16-18-13(11)15)10-5-2-6-17-10/h1,3-4,7,10H,2,5-6,15H2. The van der Waals surface area contributed by atoms with E-state index >= 15 is 0 Å². The van der Waals surface area contributed by atoms with Crippen LogP contribution in [0.25, 0.3) is 11.1 Å². The number of rotatable bonds is 2. The van der Waals surface area contributed by atoms with Crippen LogP contribution < -0.4 is 5.73 Å². The molecular weight excluding hydrogens is 252 g/mol. The molecule has 2 aromatic rings.